The molecule has 0 bridgehead atoms. The van der Waals surface area contributed by atoms with Crippen molar-refractivity contribution in [2.45, 2.75) is 38.6 Å². The van der Waals surface area contributed by atoms with Gasteiger partial charge in [-0.3, -0.25) is 0 Å². The van der Waals surface area contributed by atoms with Gasteiger partial charge >= 0.3 is 0 Å². The van der Waals surface area contributed by atoms with Crippen LogP contribution >= 0.6 is 27.5 Å². The summed E-state index contributed by atoms with van der Waals surface area (Å²) >= 11 is 9.47. The van der Waals surface area contributed by atoms with E-state index >= 15 is 0 Å². The first-order valence-electron chi connectivity index (χ1n) is 5.89. The summed E-state index contributed by atoms with van der Waals surface area (Å²) in [5.74, 6) is 1.42. The van der Waals surface area contributed by atoms with Gasteiger partial charge in [-0.1, -0.05) is 29.3 Å². The van der Waals surface area contributed by atoms with E-state index in [2.05, 4.69) is 51.5 Å². The molecule has 0 aliphatic heterocycles. The van der Waals surface area contributed by atoms with E-state index in [1.165, 1.54) is 11.9 Å². The lowest BCUT2D eigenvalue weighted by Gasteiger charge is -2.16. The quantitative estimate of drug-likeness (QED) is 0.734. The Hall–Kier alpha value is -0.540. The van der Waals surface area contributed by atoms with Crippen molar-refractivity contribution in [1.82, 2.24) is 9.55 Å². The Bertz CT molecular complexity index is 521. The largest absolute Gasteiger partial charge is 0.324 e. The Morgan fingerprint density at radius 2 is 2.24 bits per heavy atom. The lowest BCUT2D eigenvalue weighted by atomic mass is 10.2. The molecule has 0 spiro atoms. The van der Waals surface area contributed by atoms with Crippen LogP contribution in [0.15, 0.2) is 22.7 Å². The fourth-order valence-corrected chi connectivity index (χ4v) is 2.79. The molecule has 1 aromatic heterocycles. The Morgan fingerprint density at radius 1 is 1.47 bits per heavy atom. The van der Waals surface area contributed by atoms with Crippen molar-refractivity contribution in [3.05, 3.63) is 28.5 Å². The van der Waals surface area contributed by atoms with E-state index in [9.17, 15) is 0 Å². The number of halogens is 2. The highest BCUT2D eigenvalue weighted by Crippen LogP contribution is 2.26. The van der Waals surface area contributed by atoms with E-state index in [1.807, 2.05) is 6.07 Å². The molecule has 0 radical (unpaired) electrons. The summed E-state index contributed by atoms with van der Waals surface area (Å²) in [6.45, 7) is 4.43. The molecule has 4 heteroatoms. The number of alkyl halides is 1. The maximum absolute atomic E-state index is 5.99. The zero-order valence-electron chi connectivity index (χ0n) is 10.1. The van der Waals surface area contributed by atoms with Crippen molar-refractivity contribution >= 4 is 38.6 Å². The summed E-state index contributed by atoms with van der Waals surface area (Å²) in [6.07, 6.45) is 2.31. The molecule has 1 heterocycles. The SMILES string of the molecule is CCCC(C)n1c(CCl)nc2cc(Br)ccc21. The molecule has 1 atom stereocenters. The number of imidazole rings is 1. The van der Waals surface area contributed by atoms with Crippen LogP contribution in [0.4, 0.5) is 0 Å². The molecule has 0 amide bonds. The average molecular weight is 316 g/mol. The second kappa shape index (κ2) is 5.40. The van der Waals surface area contributed by atoms with Crippen LogP contribution in [-0.4, -0.2) is 9.55 Å². The van der Waals surface area contributed by atoms with Gasteiger partial charge in [0.1, 0.15) is 5.82 Å². The minimum Gasteiger partial charge on any atom is -0.324 e. The number of rotatable bonds is 4. The van der Waals surface area contributed by atoms with Crippen molar-refractivity contribution < 1.29 is 0 Å². The van der Waals surface area contributed by atoms with Gasteiger partial charge in [-0.2, -0.15) is 0 Å². The highest BCUT2D eigenvalue weighted by molar-refractivity contribution is 9.10. The van der Waals surface area contributed by atoms with Gasteiger partial charge in [0, 0.05) is 10.5 Å². The smallest absolute Gasteiger partial charge is 0.125 e. The number of hydrogen-bond donors (Lipinski definition) is 0. The Labute approximate surface area is 115 Å². The second-order valence-electron chi connectivity index (χ2n) is 4.30. The highest BCUT2D eigenvalue weighted by Gasteiger charge is 2.14. The third kappa shape index (κ3) is 2.50. The van der Waals surface area contributed by atoms with Crippen molar-refractivity contribution in [2.24, 2.45) is 0 Å². The molecule has 0 fully saturated rings. The van der Waals surface area contributed by atoms with Gasteiger partial charge in [0.05, 0.1) is 16.9 Å². The Balaban J connectivity index is 2.58. The molecule has 0 saturated heterocycles. The summed E-state index contributed by atoms with van der Waals surface area (Å²) in [6, 6.07) is 6.65. The van der Waals surface area contributed by atoms with Gasteiger partial charge in [-0.15, -0.1) is 11.6 Å². The van der Waals surface area contributed by atoms with Crippen LogP contribution in [-0.2, 0) is 5.88 Å². The lowest BCUT2D eigenvalue weighted by molar-refractivity contribution is 0.500. The maximum Gasteiger partial charge on any atom is 0.125 e. The van der Waals surface area contributed by atoms with Crippen LogP contribution in [0.5, 0.6) is 0 Å². The first-order chi connectivity index (χ1) is 8.17. The lowest BCUT2D eigenvalue weighted by Crippen LogP contribution is -2.08. The maximum atomic E-state index is 5.99. The van der Waals surface area contributed by atoms with E-state index in [0.717, 1.165) is 22.2 Å². The van der Waals surface area contributed by atoms with E-state index in [0.29, 0.717) is 11.9 Å². The second-order valence-corrected chi connectivity index (χ2v) is 5.49. The van der Waals surface area contributed by atoms with E-state index in [4.69, 9.17) is 11.6 Å². The number of fused-ring (bicyclic) bond motifs is 1. The van der Waals surface area contributed by atoms with Crippen LogP contribution in [0.3, 0.4) is 0 Å². The van der Waals surface area contributed by atoms with Gasteiger partial charge in [0.25, 0.3) is 0 Å². The fraction of sp³-hybridized carbons (Fsp3) is 0.462. The molecular weight excluding hydrogens is 300 g/mol. The number of aromatic nitrogens is 2. The van der Waals surface area contributed by atoms with Crippen LogP contribution < -0.4 is 0 Å². The van der Waals surface area contributed by atoms with E-state index in [-0.39, 0.29) is 0 Å². The normalized spacial score (nSPS) is 13.2. The molecule has 2 nitrogen and oxygen atoms in total. The van der Waals surface area contributed by atoms with Gasteiger partial charge in [-0.05, 0) is 31.5 Å². The first kappa shape index (κ1) is 12.9. The summed E-state index contributed by atoms with van der Waals surface area (Å²) in [5.41, 5.74) is 2.18. The van der Waals surface area contributed by atoms with Crippen LogP contribution in [0, 0.1) is 0 Å². The predicted octanol–water partition coefficient (Wildman–Crippen LogP) is 4.90. The van der Waals surface area contributed by atoms with Gasteiger partial charge in [-0.25, -0.2) is 4.98 Å². The summed E-state index contributed by atoms with van der Waals surface area (Å²) in [7, 11) is 0. The zero-order chi connectivity index (χ0) is 12.4. The molecule has 0 saturated carbocycles. The fourth-order valence-electron chi connectivity index (χ4n) is 2.25. The standard InChI is InChI=1S/C13H16BrClN2/c1-3-4-9(2)17-12-6-5-10(14)7-11(12)16-13(17)8-15/h5-7,9H,3-4,8H2,1-2H3. The van der Waals surface area contributed by atoms with Gasteiger partial charge in [0.2, 0.25) is 0 Å². The van der Waals surface area contributed by atoms with Crippen molar-refractivity contribution in [1.29, 1.82) is 0 Å². The van der Waals surface area contributed by atoms with Crippen LogP contribution in [0.25, 0.3) is 11.0 Å². The molecule has 1 aromatic carbocycles. The molecule has 2 rings (SSSR count). The Kier molecular flexibility index (Phi) is 4.10. The molecular formula is C13H16BrClN2. The molecule has 92 valence electrons. The van der Waals surface area contributed by atoms with E-state index < -0.39 is 0 Å². The molecule has 0 aliphatic rings. The van der Waals surface area contributed by atoms with Crippen molar-refractivity contribution in [2.75, 3.05) is 0 Å². The summed E-state index contributed by atoms with van der Waals surface area (Å²) < 4.78 is 3.32. The topological polar surface area (TPSA) is 17.8 Å². The molecule has 1 unspecified atom stereocenters. The highest BCUT2D eigenvalue weighted by atomic mass is 79.9. The monoisotopic (exact) mass is 314 g/mol. The third-order valence-electron chi connectivity index (χ3n) is 2.99. The van der Waals surface area contributed by atoms with Crippen molar-refractivity contribution in [3.8, 4) is 0 Å². The van der Waals surface area contributed by atoms with Crippen LogP contribution in [0.1, 0.15) is 38.6 Å². The minimum atomic E-state index is 0.444. The third-order valence-corrected chi connectivity index (χ3v) is 3.72. The molecule has 2 aromatic rings. The van der Waals surface area contributed by atoms with Crippen LogP contribution in [0.2, 0.25) is 0 Å². The molecule has 0 aliphatic carbocycles. The van der Waals surface area contributed by atoms with E-state index in [1.54, 1.807) is 0 Å². The van der Waals surface area contributed by atoms with Gasteiger partial charge < -0.3 is 4.57 Å². The number of benzene rings is 1. The number of hydrogen-bond acceptors (Lipinski definition) is 1. The van der Waals surface area contributed by atoms with Gasteiger partial charge in [0.15, 0.2) is 0 Å². The first-order valence-corrected chi connectivity index (χ1v) is 7.22. The van der Waals surface area contributed by atoms with Crippen molar-refractivity contribution in [3.63, 3.8) is 0 Å². The average Bonchev–Trinajstić information content (AvgIpc) is 2.66. The zero-order valence-corrected chi connectivity index (χ0v) is 12.4. The number of nitrogens with zero attached hydrogens (tertiary/aromatic N) is 2. The summed E-state index contributed by atoms with van der Waals surface area (Å²) in [5, 5.41) is 0. The molecule has 17 heavy (non-hydrogen) atoms. The minimum absolute atomic E-state index is 0.444. The summed E-state index contributed by atoms with van der Waals surface area (Å²) in [4.78, 5) is 4.60. The Morgan fingerprint density at radius 3 is 2.88 bits per heavy atom. The predicted molar refractivity (Wildman–Crippen MR) is 76.6 cm³/mol. The molecule has 0 N–H and O–H groups in total.